The Hall–Kier alpha value is -0.860. The minimum atomic E-state index is 0.735. The van der Waals surface area contributed by atoms with Crippen LogP contribution in [0.2, 0.25) is 0 Å². The second kappa shape index (κ2) is 7.66. The van der Waals surface area contributed by atoms with Crippen LogP contribution in [0.25, 0.3) is 0 Å². The summed E-state index contributed by atoms with van der Waals surface area (Å²) in [5.41, 5.74) is 2.81. The van der Waals surface area contributed by atoms with Gasteiger partial charge in [0.2, 0.25) is 0 Å². The highest BCUT2D eigenvalue weighted by molar-refractivity contribution is 5.21. The van der Waals surface area contributed by atoms with Gasteiger partial charge in [0.05, 0.1) is 0 Å². The zero-order chi connectivity index (χ0) is 13.5. The number of aryl methyl sites for hydroxylation is 1. The van der Waals surface area contributed by atoms with E-state index in [1.165, 1.54) is 43.2 Å². The van der Waals surface area contributed by atoms with Gasteiger partial charge in [-0.05, 0) is 57.1 Å². The van der Waals surface area contributed by atoms with Crippen molar-refractivity contribution in [3.63, 3.8) is 0 Å². The molecule has 2 nitrogen and oxygen atoms in total. The van der Waals surface area contributed by atoms with Crippen LogP contribution in [0, 0.1) is 12.8 Å². The highest BCUT2D eigenvalue weighted by Crippen LogP contribution is 2.21. The number of hydrogen-bond acceptors (Lipinski definition) is 2. The molecule has 1 saturated carbocycles. The van der Waals surface area contributed by atoms with Crippen LogP contribution in [0.4, 0.5) is 0 Å². The minimum Gasteiger partial charge on any atom is -0.385 e. The molecule has 1 aliphatic carbocycles. The normalized spacial score (nSPS) is 16.5. The molecule has 0 saturated heterocycles. The van der Waals surface area contributed by atoms with Crippen LogP contribution in [0.3, 0.4) is 0 Å². The molecular formula is C17H27NO. The van der Waals surface area contributed by atoms with E-state index in [1.807, 2.05) is 0 Å². The minimum absolute atomic E-state index is 0.735. The third-order valence-corrected chi connectivity index (χ3v) is 3.88. The molecule has 2 rings (SSSR count). The number of methoxy groups -OCH3 is 1. The van der Waals surface area contributed by atoms with E-state index < -0.39 is 0 Å². The Morgan fingerprint density at radius 1 is 1.26 bits per heavy atom. The summed E-state index contributed by atoms with van der Waals surface area (Å²) >= 11 is 0. The van der Waals surface area contributed by atoms with Gasteiger partial charge in [0.15, 0.2) is 0 Å². The first-order valence-corrected chi connectivity index (χ1v) is 7.56. The average molecular weight is 261 g/mol. The fraction of sp³-hybridized carbons (Fsp3) is 0.647. The second-order valence-corrected chi connectivity index (χ2v) is 5.87. The first kappa shape index (κ1) is 14.5. The molecule has 0 aliphatic heterocycles. The van der Waals surface area contributed by atoms with Crippen LogP contribution in [0.15, 0.2) is 24.3 Å². The fourth-order valence-electron chi connectivity index (χ4n) is 2.47. The van der Waals surface area contributed by atoms with E-state index in [-0.39, 0.29) is 0 Å². The Kier molecular flexibility index (Phi) is 5.87. The van der Waals surface area contributed by atoms with Gasteiger partial charge in [0.1, 0.15) is 0 Å². The van der Waals surface area contributed by atoms with Crippen molar-refractivity contribution in [3.8, 4) is 0 Å². The molecule has 19 heavy (non-hydrogen) atoms. The number of benzene rings is 1. The molecule has 2 heteroatoms. The van der Waals surface area contributed by atoms with E-state index in [1.54, 1.807) is 7.11 Å². The Labute approximate surface area is 117 Å². The maximum Gasteiger partial charge on any atom is 0.0462 e. The van der Waals surface area contributed by atoms with E-state index in [4.69, 9.17) is 4.74 Å². The topological polar surface area (TPSA) is 21.3 Å². The SMILES string of the molecule is COCCCC(CNC1CC1)Cc1ccc(C)cc1. The number of rotatable bonds is 9. The monoisotopic (exact) mass is 261 g/mol. The lowest BCUT2D eigenvalue weighted by Gasteiger charge is -2.18. The summed E-state index contributed by atoms with van der Waals surface area (Å²) in [5.74, 6) is 0.735. The van der Waals surface area contributed by atoms with Gasteiger partial charge >= 0.3 is 0 Å². The third kappa shape index (κ3) is 5.75. The maximum atomic E-state index is 5.18. The molecule has 1 unspecified atom stereocenters. The molecular weight excluding hydrogens is 234 g/mol. The van der Waals surface area contributed by atoms with Crippen molar-refractivity contribution >= 4 is 0 Å². The first-order chi connectivity index (χ1) is 9.28. The summed E-state index contributed by atoms with van der Waals surface area (Å²) in [6.45, 7) is 4.19. The zero-order valence-electron chi connectivity index (χ0n) is 12.3. The average Bonchev–Trinajstić information content (AvgIpc) is 3.23. The van der Waals surface area contributed by atoms with Crippen molar-refractivity contribution in [2.75, 3.05) is 20.3 Å². The molecule has 0 radical (unpaired) electrons. The Balaban J connectivity index is 1.81. The Morgan fingerprint density at radius 2 is 2.00 bits per heavy atom. The summed E-state index contributed by atoms with van der Waals surface area (Å²) in [6.07, 6.45) is 6.34. The molecule has 106 valence electrons. The van der Waals surface area contributed by atoms with Crippen LogP contribution in [0.1, 0.15) is 36.8 Å². The predicted octanol–water partition coefficient (Wildman–Crippen LogP) is 3.33. The lowest BCUT2D eigenvalue weighted by Crippen LogP contribution is -2.26. The zero-order valence-corrected chi connectivity index (χ0v) is 12.3. The van der Waals surface area contributed by atoms with Crippen molar-refractivity contribution in [1.82, 2.24) is 5.32 Å². The third-order valence-electron chi connectivity index (χ3n) is 3.88. The van der Waals surface area contributed by atoms with Crippen molar-refractivity contribution in [1.29, 1.82) is 0 Å². The molecule has 1 atom stereocenters. The molecule has 1 aromatic rings. The van der Waals surface area contributed by atoms with Crippen LogP contribution in [-0.2, 0) is 11.2 Å². The number of ether oxygens (including phenoxy) is 1. The van der Waals surface area contributed by atoms with Gasteiger partial charge in [-0.1, -0.05) is 29.8 Å². The smallest absolute Gasteiger partial charge is 0.0462 e. The predicted molar refractivity (Wildman–Crippen MR) is 80.5 cm³/mol. The maximum absolute atomic E-state index is 5.18. The van der Waals surface area contributed by atoms with E-state index in [9.17, 15) is 0 Å². The van der Waals surface area contributed by atoms with E-state index in [0.717, 1.165) is 25.1 Å². The van der Waals surface area contributed by atoms with Gasteiger partial charge in [0, 0.05) is 19.8 Å². The Morgan fingerprint density at radius 3 is 2.63 bits per heavy atom. The lowest BCUT2D eigenvalue weighted by atomic mass is 9.94. The lowest BCUT2D eigenvalue weighted by molar-refractivity contribution is 0.186. The second-order valence-electron chi connectivity index (χ2n) is 5.87. The quantitative estimate of drug-likeness (QED) is 0.688. The van der Waals surface area contributed by atoms with Crippen LogP contribution in [-0.4, -0.2) is 26.3 Å². The Bertz CT molecular complexity index is 356. The molecule has 0 aromatic heterocycles. The number of nitrogens with one attached hydrogen (secondary N) is 1. The molecule has 1 aliphatic rings. The van der Waals surface area contributed by atoms with Gasteiger partial charge in [-0.3, -0.25) is 0 Å². The van der Waals surface area contributed by atoms with Crippen molar-refractivity contribution in [2.24, 2.45) is 5.92 Å². The number of hydrogen-bond donors (Lipinski definition) is 1. The van der Waals surface area contributed by atoms with E-state index in [0.29, 0.717) is 0 Å². The molecule has 0 bridgehead atoms. The molecule has 0 amide bonds. The summed E-state index contributed by atoms with van der Waals surface area (Å²) in [6, 6.07) is 9.79. The summed E-state index contributed by atoms with van der Waals surface area (Å²) in [5, 5.41) is 3.67. The highest BCUT2D eigenvalue weighted by Gasteiger charge is 2.21. The molecule has 1 fully saturated rings. The van der Waals surface area contributed by atoms with Crippen LogP contribution < -0.4 is 5.32 Å². The standard InChI is InChI=1S/C17H27NO/c1-14-5-7-15(8-6-14)12-16(4-3-11-19-2)13-18-17-9-10-17/h5-8,16-18H,3-4,9-13H2,1-2H3. The molecule has 1 aromatic carbocycles. The van der Waals surface area contributed by atoms with Gasteiger partial charge in [-0.2, -0.15) is 0 Å². The molecule has 0 heterocycles. The largest absolute Gasteiger partial charge is 0.385 e. The van der Waals surface area contributed by atoms with Crippen LogP contribution >= 0.6 is 0 Å². The summed E-state index contributed by atoms with van der Waals surface area (Å²) in [7, 11) is 1.79. The molecule has 1 N–H and O–H groups in total. The summed E-state index contributed by atoms with van der Waals surface area (Å²) < 4.78 is 5.18. The van der Waals surface area contributed by atoms with Gasteiger partial charge < -0.3 is 10.1 Å². The van der Waals surface area contributed by atoms with Gasteiger partial charge in [-0.15, -0.1) is 0 Å². The summed E-state index contributed by atoms with van der Waals surface area (Å²) in [4.78, 5) is 0. The van der Waals surface area contributed by atoms with Crippen molar-refractivity contribution in [3.05, 3.63) is 35.4 Å². The van der Waals surface area contributed by atoms with Gasteiger partial charge in [-0.25, -0.2) is 0 Å². The van der Waals surface area contributed by atoms with E-state index in [2.05, 4.69) is 36.5 Å². The molecule has 0 spiro atoms. The fourth-order valence-corrected chi connectivity index (χ4v) is 2.47. The first-order valence-electron chi connectivity index (χ1n) is 7.56. The van der Waals surface area contributed by atoms with Crippen molar-refractivity contribution < 1.29 is 4.74 Å². The van der Waals surface area contributed by atoms with Crippen LogP contribution in [0.5, 0.6) is 0 Å². The van der Waals surface area contributed by atoms with Crippen molar-refractivity contribution in [2.45, 2.75) is 45.1 Å². The van der Waals surface area contributed by atoms with E-state index >= 15 is 0 Å². The van der Waals surface area contributed by atoms with Gasteiger partial charge in [0.25, 0.3) is 0 Å². The highest BCUT2D eigenvalue weighted by atomic mass is 16.5.